The Labute approximate surface area is 222 Å². The molecule has 0 aliphatic rings. The van der Waals surface area contributed by atoms with Gasteiger partial charge in [0.25, 0.3) is 0 Å². The lowest BCUT2D eigenvalue weighted by Crippen LogP contribution is -2.40. The van der Waals surface area contributed by atoms with Crippen LogP contribution in [0.1, 0.15) is 98.8 Å². The van der Waals surface area contributed by atoms with Crippen molar-refractivity contribution in [1.29, 1.82) is 0 Å². The molecule has 0 rings (SSSR count). The minimum absolute atomic E-state index is 0.398. The largest absolute Gasteiger partial charge is 0.395 e. The summed E-state index contributed by atoms with van der Waals surface area (Å²) < 4.78 is 12.6. The van der Waals surface area contributed by atoms with Gasteiger partial charge >= 0.3 is 8.56 Å². The maximum absolute atomic E-state index is 6.28. The molecule has 0 aliphatic carbocycles. The van der Waals surface area contributed by atoms with Gasteiger partial charge in [0, 0.05) is 13.2 Å². The second-order valence-electron chi connectivity index (χ2n) is 11.2. The minimum atomic E-state index is -2.11. The van der Waals surface area contributed by atoms with Crippen LogP contribution >= 0.6 is 0 Å². The average molecular weight is 516 g/mol. The van der Waals surface area contributed by atoms with Gasteiger partial charge in [0.05, 0.1) is 0 Å². The summed E-state index contributed by atoms with van der Waals surface area (Å²) in [7, 11) is 4.76. The van der Waals surface area contributed by atoms with Gasteiger partial charge in [-0.05, 0) is 156 Å². The highest BCUT2D eigenvalue weighted by molar-refractivity contribution is 6.66. The molecule has 0 aromatic rings. The van der Waals surface area contributed by atoms with E-state index in [2.05, 4.69) is 77.0 Å². The molecule has 6 heteroatoms. The highest BCUT2D eigenvalue weighted by Gasteiger charge is 2.37. The molecule has 0 unspecified atom stereocenters. The third kappa shape index (κ3) is 17.2. The predicted molar refractivity (Wildman–Crippen MR) is 158 cm³/mol. The fraction of sp³-hybridized carbons (Fsp3) is 1.00. The summed E-state index contributed by atoms with van der Waals surface area (Å²) in [5, 5.41) is 0. The van der Waals surface area contributed by atoms with Crippen molar-refractivity contribution < 1.29 is 8.85 Å². The first-order chi connectivity index (χ1) is 16.7. The first-order valence-electron chi connectivity index (χ1n) is 15.0. The van der Waals surface area contributed by atoms with Crippen LogP contribution in [-0.2, 0) is 8.85 Å². The Morgan fingerprint density at radius 1 is 0.543 bits per heavy atom. The molecule has 0 heterocycles. The molecule has 0 saturated heterocycles. The number of rotatable bonds is 25. The van der Waals surface area contributed by atoms with Crippen molar-refractivity contribution in [3.63, 3.8) is 0 Å². The Hall–Kier alpha value is 0.0169. The van der Waals surface area contributed by atoms with E-state index in [0.717, 1.165) is 19.3 Å². The Kier molecular flexibility index (Phi) is 21.0. The van der Waals surface area contributed by atoms with Gasteiger partial charge in [0.2, 0.25) is 0 Å². The lowest BCUT2D eigenvalue weighted by molar-refractivity contribution is 0.146. The molecule has 0 atom stereocenters. The van der Waals surface area contributed by atoms with Crippen molar-refractivity contribution in [3.05, 3.63) is 0 Å². The summed E-state index contributed by atoms with van der Waals surface area (Å²) >= 11 is 0. The second kappa shape index (κ2) is 21.0. The lowest BCUT2D eigenvalue weighted by atomic mass is 9.73. The Morgan fingerprint density at radius 3 is 1.17 bits per heavy atom. The van der Waals surface area contributed by atoms with Crippen LogP contribution in [0.4, 0.5) is 0 Å². The molecule has 0 saturated carbocycles. The molecule has 5 nitrogen and oxygen atoms in total. The van der Waals surface area contributed by atoms with Gasteiger partial charge in [-0.25, -0.2) is 0 Å². The molecule has 0 spiro atoms. The lowest BCUT2D eigenvalue weighted by Gasteiger charge is -2.38. The molecule has 0 aromatic carbocycles. The first kappa shape index (κ1) is 35.0. The zero-order valence-corrected chi connectivity index (χ0v) is 26.6. The van der Waals surface area contributed by atoms with E-state index in [1.807, 2.05) is 0 Å². The van der Waals surface area contributed by atoms with Crippen LogP contribution in [0.25, 0.3) is 0 Å². The monoisotopic (exact) mass is 515 g/mol. The van der Waals surface area contributed by atoms with Gasteiger partial charge in [-0.1, -0.05) is 20.8 Å². The molecular formula is C29H65N3O2Si. The van der Waals surface area contributed by atoms with E-state index in [1.54, 1.807) is 0 Å². The summed E-state index contributed by atoms with van der Waals surface area (Å²) in [6, 6.07) is 1.12. The van der Waals surface area contributed by atoms with Gasteiger partial charge in [-0.3, -0.25) is 0 Å². The molecule has 0 aliphatic heterocycles. The normalized spacial score (nSPS) is 13.0. The molecule has 0 amide bonds. The third-order valence-corrected chi connectivity index (χ3v) is 10.5. The quantitative estimate of drug-likeness (QED) is 0.124. The molecule has 0 aromatic heterocycles. The zero-order chi connectivity index (χ0) is 26.6. The van der Waals surface area contributed by atoms with Crippen LogP contribution in [0, 0.1) is 5.41 Å². The molecule has 0 bridgehead atoms. The average Bonchev–Trinajstić information content (AvgIpc) is 2.78. The standard InChI is InChI=1S/C29H65N3O2Si/c1-10-22-30(6)25-15-18-29(19-16-26-31(7)23-11-2,20-17-27-32(8)24-12-3)21-28-35(9,33-13-4)34-14-5/h10-28H2,1-9H3. The van der Waals surface area contributed by atoms with Gasteiger partial charge in [-0.2, -0.15) is 0 Å². The predicted octanol–water partition coefficient (Wildman–Crippen LogP) is 6.87. The van der Waals surface area contributed by atoms with Gasteiger partial charge < -0.3 is 23.6 Å². The number of nitrogens with zero attached hydrogens (tertiary/aromatic N) is 3. The van der Waals surface area contributed by atoms with Gasteiger partial charge in [0.15, 0.2) is 0 Å². The Bertz CT molecular complexity index is 429. The van der Waals surface area contributed by atoms with Crippen molar-refractivity contribution in [1.82, 2.24) is 14.7 Å². The summed E-state index contributed by atoms with van der Waals surface area (Å²) in [5.74, 6) is 0. The van der Waals surface area contributed by atoms with Crippen LogP contribution in [0.15, 0.2) is 0 Å². The number of hydrogen-bond donors (Lipinski definition) is 0. The second-order valence-corrected chi connectivity index (χ2v) is 14.6. The molecular weight excluding hydrogens is 450 g/mol. The van der Waals surface area contributed by atoms with E-state index in [-0.39, 0.29) is 0 Å². The summed E-state index contributed by atoms with van der Waals surface area (Å²) in [5.41, 5.74) is 0.398. The summed E-state index contributed by atoms with van der Waals surface area (Å²) in [6.07, 6.45) is 12.9. The van der Waals surface area contributed by atoms with Crippen molar-refractivity contribution in [3.8, 4) is 0 Å². The molecule has 0 N–H and O–H groups in total. The van der Waals surface area contributed by atoms with Crippen molar-refractivity contribution in [2.24, 2.45) is 5.41 Å². The van der Waals surface area contributed by atoms with Crippen LogP contribution in [-0.4, -0.2) is 96.9 Å². The molecule has 212 valence electrons. The van der Waals surface area contributed by atoms with Crippen LogP contribution in [0.5, 0.6) is 0 Å². The summed E-state index contributed by atoms with van der Waals surface area (Å²) in [6.45, 7) is 22.2. The minimum Gasteiger partial charge on any atom is -0.395 e. The topological polar surface area (TPSA) is 28.2 Å². The molecule has 35 heavy (non-hydrogen) atoms. The number of hydrogen-bond acceptors (Lipinski definition) is 5. The summed E-state index contributed by atoms with van der Waals surface area (Å²) in [4.78, 5) is 7.57. The van der Waals surface area contributed by atoms with Gasteiger partial charge in [-0.15, -0.1) is 0 Å². The zero-order valence-electron chi connectivity index (χ0n) is 25.6. The van der Waals surface area contributed by atoms with Crippen molar-refractivity contribution in [2.75, 3.05) is 73.6 Å². The maximum Gasteiger partial charge on any atom is 0.334 e. The highest BCUT2D eigenvalue weighted by Crippen LogP contribution is 2.42. The fourth-order valence-electron chi connectivity index (χ4n) is 5.69. The van der Waals surface area contributed by atoms with E-state index < -0.39 is 8.56 Å². The van der Waals surface area contributed by atoms with Crippen LogP contribution in [0.2, 0.25) is 12.6 Å². The van der Waals surface area contributed by atoms with Gasteiger partial charge in [0.1, 0.15) is 0 Å². The van der Waals surface area contributed by atoms with E-state index in [1.165, 1.54) is 103 Å². The Balaban J connectivity index is 5.54. The SMILES string of the molecule is CCCN(C)CCCC(CCCN(C)CCC)(CCCN(C)CCC)CC[Si](C)(OCC)OCC. The van der Waals surface area contributed by atoms with E-state index in [0.29, 0.717) is 5.41 Å². The van der Waals surface area contributed by atoms with E-state index in [9.17, 15) is 0 Å². The van der Waals surface area contributed by atoms with E-state index in [4.69, 9.17) is 8.85 Å². The highest BCUT2D eigenvalue weighted by atomic mass is 28.4. The maximum atomic E-state index is 6.28. The molecule has 0 radical (unpaired) electrons. The van der Waals surface area contributed by atoms with Crippen molar-refractivity contribution in [2.45, 2.75) is 111 Å². The Morgan fingerprint density at radius 2 is 0.886 bits per heavy atom. The molecule has 0 fully saturated rings. The van der Waals surface area contributed by atoms with Crippen LogP contribution in [0.3, 0.4) is 0 Å². The third-order valence-electron chi connectivity index (χ3n) is 7.57. The smallest absolute Gasteiger partial charge is 0.334 e. The first-order valence-corrected chi connectivity index (χ1v) is 17.6. The van der Waals surface area contributed by atoms with Crippen LogP contribution < -0.4 is 0 Å². The fourth-order valence-corrected chi connectivity index (χ4v) is 8.27. The van der Waals surface area contributed by atoms with Crippen molar-refractivity contribution >= 4 is 8.56 Å². The van der Waals surface area contributed by atoms with E-state index >= 15 is 0 Å².